The van der Waals surface area contributed by atoms with Crippen LogP contribution in [0.15, 0.2) is 42.5 Å². The molecule has 0 aliphatic heterocycles. The van der Waals surface area contributed by atoms with Crippen molar-refractivity contribution in [2.45, 2.75) is 0 Å². The zero-order valence-corrected chi connectivity index (χ0v) is 13.7. The molecule has 2 aromatic carbocycles. The van der Waals surface area contributed by atoms with Crippen molar-refractivity contribution in [3.8, 4) is 17.2 Å². The van der Waals surface area contributed by atoms with Crippen molar-refractivity contribution in [2.24, 2.45) is 0 Å². The van der Waals surface area contributed by atoms with Gasteiger partial charge < -0.3 is 19.5 Å². The summed E-state index contributed by atoms with van der Waals surface area (Å²) >= 11 is 5.98. The fourth-order valence-electron chi connectivity index (χ4n) is 2.04. The Balaban J connectivity index is 1.89. The fraction of sp³-hybridized carbons (Fsp3) is 0.235. The maximum Gasteiger partial charge on any atom is 0.252 e. The second-order valence-corrected chi connectivity index (χ2v) is 4.98. The van der Waals surface area contributed by atoms with E-state index in [2.05, 4.69) is 5.32 Å². The van der Waals surface area contributed by atoms with Crippen LogP contribution < -0.4 is 19.5 Å². The molecule has 0 heterocycles. The van der Waals surface area contributed by atoms with Gasteiger partial charge in [0.25, 0.3) is 5.91 Å². The Morgan fingerprint density at radius 3 is 2.48 bits per heavy atom. The van der Waals surface area contributed by atoms with Crippen LogP contribution in [0, 0.1) is 0 Å². The highest BCUT2D eigenvalue weighted by Crippen LogP contribution is 2.36. The predicted octanol–water partition coefficient (Wildman–Crippen LogP) is 3.17. The molecule has 1 N–H and O–H groups in total. The Labute approximate surface area is 140 Å². The van der Waals surface area contributed by atoms with Gasteiger partial charge >= 0.3 is 0 Å². The van der Waals surface area contributed by atoms with Gasteiger partial charge in [-0.25, -0.2) is 0 Å². The molecule has 0 saturated heterocycles. The topological polar surface area (TPSA) is 56.8 Å². The molecular weight excluding hydrogens is 318 g/mol. The maximum absolute atomic E-state index is 12.0. The van der Waals surface area contributed by atoms with Crippen LogP contribution in [0.4, 0.5) is 0 Å². The number of hydrogen-bond acceptors (Lipinski definition) is 4. The third-order valence-corrected chi connectivity index (χ3v) is 3.46. The molecule has 0 radical (unpaired) electrons. The minimum atomic E-state index is -0.239. The summed E-state index contributed by atoms with van der Waals surface area (Å²) in [5.74, 6) is 1.42. The van der Waals surface area contributed by atoms with Crippen molar-refractivity contribution in [3.63, 3.8) is 0 Å². The van der Waals surface area contributed by atoms with Crippen LogP contribution in [0.25, 0.3) is 0 Å². The SMILES string of the molecule is COc1cccc(OCCNC(=O)c2ccccc2Cl)c1OC. The molecule has 0 aromatic heterocycles. The number of nitrogens with one attached hydrogen (secondary N) is 1. The van der Waals surface area contributed by atoms with E-state index in [0.717, 1.165) is 0 Å². The Hall–Kier alpha value is -2.40. The van der Waals surface area contributed by atoms with Gasteiger partial charge in [0, 0.05) is 0 Å². The van der Waals surface area contributed by atoms with E-state index in [4.69, 9.17) is 25.8 Å². The van der Waals surface area contributed by atoms with Crippen molar-refractivity contribution >= 4 is 17.5 Å². The van der Waals surface area contributed by atoms with Crippen molar-refractivity contribution in [1.82, 2.24) is 5.32 Å². The first-order valence-electron chi connectivity index (χ1n) is 7.04. The number of methoxy groups -OCH3 is 2. The van der Waals surface area contributed by atoms with E-state index in [-0.39, 0.29) is 5.91 Å². The number of halogens is 1. The molecule has 0 unspecified atom stereocenters. The third-order valence-electron chi connectivity index (χ3n) is 3.13. The molecule has 2 aromatic rings. The first-order chi connectivity index (χ1) is 11.2. The van der Waals surface area contributed by atoms with Crippen molar-refractivity contribution < 1.29 is 19.0 Å². The van der Waals surface area contributed by atoms with E-state index in [1.165, 1.54) is 0 Å². The van der Waals surface area contributed by atoms with Gasteiger partial charge in [0.2, 0.25) is 5.75 Å². The fourth-order valence-corrected chi connectivity index (χ4v) is 2.26. The van der Waals surface area contributed by atoms with Crippen molar-refractivity contribution in [1.29, 1.82) is 0 Å². The lowest BCUT2D eigenvalue weighted by molar-refractivity contribution is 0.0947. The highest BCUT2D eigenvalue weighted by Gasteiger charge is 2.11. The molecule has 0 aliphatic carbocycles. The highest BCUT2D eigenvalue weighted by molar-refractivity contribution is 6.33. The Morgan fingerprint density at radius 1 is 1.04 bits per heavy atom. The predicted molar refractivity (Wildman–Crippen MR) is 88.8 cm³/mol. The summed E-state index contributed by atoms with van der Waals surface area (Å²) in [7, 11) is 3.11. The number of rotatable bonds is 7. The smallest absolute Gasteiger partial charge is 0.252 e. The maximum atomic E-state index is 12.0. The minimum Gasteiger partial charge on any atom is -0.493 e. The molecule has 23 heavy (non-hydrogen) atoms. The molecule has 0 aliphatic rings. The van der Waals surface area contributed by atoms with Gasteiger partial charge in [0.1, 0.15) is 6.61 Å². The van der Waals surface area contributed by atoms with Crippen LogP contribution in [-0.2, 0) is 0 Å². The molecule has 0 fully saturated rings. The number of carbonyl (C=O) groups is 1. The molecule has 0 bridgehead atoms. The Morgan fingerprint density at radius 2 is 1.78 bits per heavy atom. The van der Waals surface area contributed by atoms with E-state index in [1.807, 2.05) is 0 Å². The largest absolute Gasteiger partial charge is 0.493 e. The quantitative estimate of drug-likeness (QED) is 0.790. The third kappa shape index (κ3) is 4.29. The minimum absolute atomic E-state index is 0.239. The standard InChI is InChI=1S/C17H18ClNO4/c1-21-14-8-5-9-15(16(14)22-2)23-11-10-19-17(20)12-6-3-4-7-13(12)18/h3-9H,10-11H2,1-2H3,(H,19,20). The molecule has 122 valence electrons. The second kappa shape index (κ2) is 8.29. The number of hydrogen-bond donors (Lipinski definition) is 1. The molecule has 0 atom stereocenters. The van der Waals surface area contributed by atoms with Crippen LogP contribution in [0.1, 0.15) is 10.4 Å². The first kappa shape index (κ1) is 17.0. The molecule has 1 amide bonds. The summed E-state index contributed by atoms with van der Waals surface area (Å²) in [6.07, 6.45) is 0. The number of ether oxygens (including phenoxy) is 3. The van der Waals surface area contributed by atoms with E-state index >= 15 is 0 Å². The Kier molecular flexibility index (Phi) is 6.11. The van der Waals surface area contributed by atoms with Gasteiger partial charge in [-0.2, -0.15) is 0 Å². The summed E-state index contributed by atoms with van der Waals surface area (Å²) in [4.78, 5) is 12.0. The summed E-state index contributed by atoms with van der Waals surface area (Å²) in [5, 5.41) is 3.17. The molecular formula is C17H18ClNO4. The molecule has 6 heteroatoms. The van der Waals surface area contributed by atoms with Gasteiger partial charge in [0.05, 0.1) is 31.4 Å². The number of carbonyl (C=O) groups excluding carboxylic acids is 1. The average molecular weight is 336 g/mol. The first-order valence-corrected chi connectivity index (χ1v) is 7.41. The second-order valence-electron chi connectivity index (χ2n) is 4.58. The van der Waals surface area contributed by atoms with Crippen LogP contribution >= 0.6 is 11.6 Å². The average Bonchev–Trinajstić information content (AvgIpc) is 2.58. The summed E-state index contributed by atoms with van der Waals surface area (Å²) < 4.78 is 16.1. The highest BCUT2D eigenvalue weighted by atomic mass is 35.5. The lowest BCUT2D eigenvalue weighted by Gasteiger charge is -2.13. The molecule has 2 rings (SSSR count). The molecule has 0 spiro atoms. The van der Waals surface area contributed by atoms with Gasteiger partial charge in [-0.05, 0) is 24.3 Å². The van der Waals surface area contributed by atoms with E-state index in [0.29, 0.717) is 41.0 Å². The van der Waals surface area contributed by atoms with Crippen LogP contribution in [0.3, 0.4) is 0 Å². The van der Waals surface area contributed by atoms with E-state index in [1.54, 1.807) is 56.7 Å². The zero-order chi connectivity index (χ0) is 16.7. The van der Waals surface area contributed by atoms with E-state index < -0.39 is 0 Å². The lowest BCUT2D eigenvalue weighted by atomic mass is 10.2. The van der Waals surface area contributed by atoms with Crippen LogP contribution in [-0.4, -0.2) is 33.3 Å². The van der Waals surface area contributed by atoms with Gasteiger partial charge in [0.15, 0.2) is 11.5 Å². The van der Waals surface area contributed by atoms with Gasteiger partial charge in [-0.1, -0.05) is 29.8 Å². The van der Waals surface area contributed by atoms with Crippen LogP contribution in [0.2, 0.25) is 5.02 Å². The van der Waals surface area contributed by atoms with Crippen LogP contribution in [0.5, 0.6) is 17.2 Å². The lowest BCUT2D eigenvalue weighted by Crippen LogP contribution is -2.28. The molecule has 0 saturated carbocycles. The van der Waals surface area contributed by atoms with E-state index in [9.17, 15) is 4.79 Å². The zero-order valence-electron chi connectivity index (χ0n) is 13.0. The summed E-state index contributed by atoms with van der Waals surface area (Å²) in [6, 6.07) is 12.2. The molecule has 5 nitrogen and oxygen atoms in total. The van der Waals surface area contributed by atoms with Crippen molar-refractivity contribution in [3.05, 3.63) is 53.1 Å². The number of benzene rings is 2. The number of para-hydroxylation sites is 1. The van der Waals surface area contributed by atoms with Gasteiger partial charge in [-0.3, -0.25) is 4.79 Å². The number of amides is 1. The monoisotopic (exact) mass is 335 g/mol. The summed E-state index contributed by atoms with van der Waals surface area (Å²) in [5.41, 5.74) is 0.438. The Bertz CT molecular complexity index is 675. The normalized spacial score (nSPS) is 10.0. The summed E-state index contributed by atoms with van der Waals surface area (Å²) in [6.45, 7) is 0.629. The van der Waals surface area contributed by atoms with Crippen molar-refractivity contribution in [2.75, 3.05) is 27.4 Å². The van der Waals surface area contributed by atoms with Gasteiger partial charge in [-0.15, -0.1) is 0 Å².